The number of benzene rings is 1. The lowest BCUT2D eigenvalue weighted by Gasteiger charge is -2.27. The third-order valence-electron chi connectivity index (χ3n) is 4.30. The Balaban J connectivity index is 1.67. The van der Waals surface area contributed by atoms with Gasteiger partial charge in [0.2, 0.25) is 5.91 Å². The molecule has 1 aromatic heterocycles. The molecule has 1 aliphatic rings. The molecule has 1 N–H and O–H groups in total. The molecule has 134 valence electrons. The number of hydrogen-bond donors (Lipinski definition) is 1. The number of carbonyl (C=O) groups excluding carboxylic acids is 1. The van der Waals surface area contributed by atoms with Crippen LogP contribution in [0.15, 0.2) is 35.2 Å². The summed E-state index contributed by atoms with van der Waals surface area (Å²) in [6.45, 7) is 3.28. The molecule has 0 saturated carbocycles. The molecule has 0 bridgehead atoms. The highest BCUT2D eigenvalue weighted by molar-refractivity contribution is 7.90. The van der Waals surface area contributed by atoms with Crippen molar-refractivity contribution in [2.45, 2.75) is 37.4 Å². The number of nitrogens with zero attached hydrogens (tertiary/aromatic N) is 3. The molecule has 3 rings (SSSR count). The molecule has 1 aromatic carbocycles. The number of fused-ring (bicyclic) bond motifs is 1. The van der Waals surface area contributed by atoms with Crippen molar-refractivity contribution in [3.05, 3.63) is 47.3 Å². The van der Waals surface area contributed by atoms with Crippen molar-refractivity contribution >= 4 is 15.7 Å². The maximum absolute atomic E-state index is 12.5. The fraction of sp³-hybridized carbons (Fsp3) is 0.412. The molecule has 1 amide bonds. The van der Waals surface area contributed by atoms with E-state index in [1.165, 1.54) is 12.1 Å². The quantitative estimate of drug-likeness (QED) is 0.872. The average Bonchev–Trinajstić information content (AvgIpc) is 2.98. The van der Waals surface area contributed by atoms with E-state index in [1.807, 2.05) is 10.7 Å². The molecule has 1 aliphatic heterocycles. The monoisotopic (exact) mass is 363 g/mol. The fourth-order valence-corrected chi connectivity index (χ4v) is 3.48. The summed E-state index contributed by atoms with van der Waals surface area (Å²) in [7, 11) is -3.23. The van der Waals surface area contributed by atoms with Gasteiger partial charge in [-0.2, -0.15) is 5.10 Å². The summed E-state index contributed by atoms with van der Waals surface area (Å²) < 4.78 is 24.8. The summed E-state index contributed by atoms with van der Waals surface area (Å²) in [6, 6.07) is 8.23. The highest BCUT2D eigenvalue weighted by atomic mass is 32.2. The van der Waals surface area contributed by atoms with Crippen LogP contribution in [0, 0.1) is 0 Å². The van der Waals surface area contributed by atoms with Crippen LogP contribution in [0.2, 0.25) is 0 Å². The summed E-state index contributed by atoms with van der Waals surface area (Å²) in [4.78, 5) is 14.5. The second kappa shape index (κ2) is 6.61. The minimum atomic E-state index is -3.23. The Morgan fingerprint density at radius 1 is 1.28 bits per heavy atom. The summed E-state index contributed by atoms with van der Waals surface area (Å²) in [5.74, 6) is -0.0156. The second-order valence-electron chi connectivity index (χ2n) is 6.37. The summed E-state index contributed by atoms with van der Waals surface area (Å²) >= 11 is 0. The van der Waals surface area contributed by atoms with Gasteiger partial charge in [0, 0.05) is 12.8 Å². The van der Waals surface area contributed by atoms with Crippen molar-refractivity contribution in [3.63, 3.8) is 0 Å². The minimum absolute atomic E-state index is 0.0156. The minimum Gasteiger partial charge on any atom is -0.387 e. The zero-order valence-electron chi connectivity index (χ0n) is 14.2. The van der Waals surface area contributed by atoms with Gasteiger partial charge in [0.15, 0.2) is 9.84 Å². The van der Waals surface area contributed by atoms with Crippen LogP contribution < -0.4 is 0 Å². The van der Waals surface area contributed by atoms with Crippen molar-refractivity contribution in [2.24, 2.45) is 0 Å². The lowest BCUT2D eigenvalue weighted by Crippen LogP contribution is -2.39. The van der Waals surface area contributed by atoms with Gasteiger partial charge < -0.3 is 10.0 Å². The molecule has 0 radical (unpaired) electrons. The molecular formula is C17H21N3O4S. The molecule has 0 saturated heterocycles. The largest absolute Gasteiger partial charge is 0.387 e. The first kappa shape index (κ1) is 17.6. The van der Waals surface area contributed by atoms with Gasteiger partial charge in [-0.25, -0.2) is 8.42 Å². The van der Waals surface area contributed by atoms with E-state index in [0.29, 0.717) is 25.3 Å². The first-order valence-corrected chi connectivity index (χ1v) is 9.94. The van der Waals surface area contributed by atoms with Gasteiger partial charge in [-0.05, 0) is 30.7 Å². The van der Waals surface area contributed by atoms with Crippen molar-refractivity contribution < 1.29 is 18.3 Å². The highest BCUT2D eigenvalue weighted by Crippen LogP contribution is 2.19. The molecular weight excluding hydrogens is 342 g/mol. The predicted octanol–water partition coefficient (Wildman–Crippen LogP) is 0.925. The molecule has 2 aromatic rings. The molecule has 0 unspecified atom stereocenters. The summed E-state index contributed by atoms with van der Waals surface area (Å²) in [5.41, 5.74) is 2.30. The van der Waals surface area contributed by atoms with Crippen LogP contribution in [0.1, 0.15) is 30.0 Å². The van der Waals surface area contributed by atoms with Gasteiger partial charge in [-0.3, -0.25) is 9.48 Å². The Labute approximate surface area is 146 Å². The van der Waals surface area contributed by atoms with Crippen LogP contribution in [0.4, 0.5) is 0 Å². The molecule has 25 heavy (non-hydrogen) atoms. The van der Waals surface area contributed by atoms with Crippen LogP contribution in [-0.4, -0.2) is 46.9 Å². The van der Waals surface area contributed by atoms with E-state index in [4.69, 9.17) is 0 Å². The van der Waals surface area contributed by atoms with Crippen molar-refractivity contribution in [3.8, 4) is 0 Å². The topological polar surface area (TPSA) is 92.5 Å². The van der Waals surface area contributed by atoms with E-state index in [0.717, 1.165) is 17.5 Å². The number of sulfone groups is 1. The van der Waals surface area contributed by atoms with Crippen LogP contribution in [0.25, 0.3) is 0 Å². The summed E-state index contributed by atoms with van der Waals surface area (Å²) in [5, 5.41) is 14.0. The number of aliphatic hydroxyl groups is 1. The van der Waals surface area contributed by atoms with E-state index in [2.05, 4.69) is 5.10 Å². The Morgan fingerprint density at radius 2 is 1.96 bits per heavy atom. The van der Waals surface area contributed by atoms with Crippen LogP contribution in [0.3, 0.4) is 0 Å². The Bertz CT molecular complexity index is 885. The van der Waals surface area contributed by atoms with Gasteiger partial charge in [0.05, 0.1) is 41.9 Å². The molecule has 1 atom stereocenters. The molecule has 0 aliphatic carbocycles. The van der Waals surface area contributed by atoms with Crippen molar-refractivity contribution in [2.75, 3.05) is 12.8 Å². The van der Waals surface area contributed by atoms with E-state index < -0.39 is 15.9 Å². The predicted molar refractivity (Wildman–Crippen MR) is 91.5 cm³/mol. The van der Waals surface area contributed by atoms with Crippen molar-refractivity contribution in [1.82, 2.24) is 14.7 Å². The van der Waals surface area contributed by atoms with E-state index >= 15 is 0 Å². The Kier molecular flexibility index (Phi) is 4.66. The fourth-order valence-electron chi connectivity index (χ4n) is 2.85. The molecule has 7 nitrogen and oxygen atoms in total. The highest BCUT2D eigenvalue weighted by Gasteiger charge is 2.23. The Morgan fingerprint density at radius 3 is 2.56 bits per heavy atom. The van der Waals surface area contributed by atoms with Crippen LogP contribution in [-0.2, 0) is 34.1 Å². The molecule has 0 spiro atoms. The maximum Gasteiger partial charge on any atom is 0.227 e. The van der Waals surface area contributed by atoms with Crippen LogP contribution in [0.5, 0.6) is 0 Å². The van der Waals surface area contributed by atoms with Crippen molar-refractivity contribution in [1.29, 1.82) is 0 Å². The van der Waals surface area contributed by atoms with Gasteiger partial charge >= 0.3 is 0 Å². The number of aromatic nitrogens is 2. The second-order valence-corrected chi connectivity index (χ2v) is 8.38. The lowest BCUT2D eigenvalue weighted by atomic mass is 10.1. The first-order valence-electron chi connectivity index (χ1n) is 8.05. The normalized spacial score (nSPS) is 15.7. The van der Waals surface area contributed by atoms with E-state index in [1.54, 1.807) is 24.0 Å². The SMILES string of the molecule is C[C@@H](O)c1cc2n(n1)CCN(C(=O)Cc1ccc(S(C)(=O)=O)cc1)C2. The summed E-state index contributed by atoms with van der Waals surface area (Å²) in [6.07, 6.45) is 0.753. The van der Waals surface area contributed by atoms with E-state index in [9.17, 15) is 18.3 Å². The van der Waals surface area contributed by atoms with Gasteiger partial charge in [0.1, 0.15) is 0 Å². The molecule has 2 heterocycles. The average molecular weight is 363 g/mol. The number of carbonyl (C=O) groups is 1. The van der Waals surface area contributed by atoms with Gasteiger partial charge in [-0.15, -0.1) is 0 Å². The molecule has 8 heteroatoms. The molecule has 0 fully saturated rings. The zero-order chi connectivity index (χ0) is 18.2. The number of rotatable bonds is 4. The maximum atomic E-state index is 12.5. The number of amides is 1. The third-order valence-corrected chi connectivity index (χ3v) is 5.43. The lowest BCUT2D eigenvalue weighted by molar-refractivity contribution is -0.132. The Hall–Kier alpha value is -2.19. The smallest absolute Gasteiger partial charge is 0.227 e. The van der Waals surface area contributed by atoms with Gasteiger partial charge in [-0.1, -0.05) is 12.1 Å². The zero-order valence-corrected chi connectivity index (χ0v) is 15.0. The number of aliphatic hydroxyl groups excluding tert-OH is 1. The third kappa shape index (κ3) is 3.91. The first-order chi connectivity index (χ1) is 11.7. The number of hydrogen-bond acceptors (Lipinski definition) is 5. The standard InChI is InChI=1S/C17H21N3O4S/c1-12(21)16-10-14-11-19(7-8-20(14)18-16)17(22)9-13-3-5-15(6-4-13)25(2,23)24/h3-6,10,12,21H,7-9,11H2,1-2H3/t12-/m1/s1. The van der Waals surface area contributed by atoms with Crippen LogP contribution >= 0.6 is 0 Å². The van der Waals surface area contributed by atoms with Gasteiger partial charge in [0.25, 0.3) is 0 Å². The van der Waals surface area contributed by atoms with E-state index in [-0.39, 0.29) is 17.2 Å².